The Kier molecular flexibility index (Phi) is 14.8. The van der Waals surface area contributed by atoms with Crippen molar-refractivity contribution in [3.8, 4) is 12.1 Å². The Morgan fingerprint density at radius 1 is 0.576 bits per heavy atom. The highest BCUT2D eigenvalue weighted by Gasteiger charge is 2.40. The molecule has 6 rings (SSSR count). The Balaban J connectivity index is 1.04. The largest absolute Gasteiger partial charge is 0.416 e. The van der Waals surface area contributed by atoms with Gasteiger partial charge in [0.05, 0.1) is 69.0 Å². The molecule has 6 N–H and O–H groups in total. The number of carbonyl (C=O) groups is 4. The molecule has 0 aromatic heterocycles. The van der Waals surface area contributed by atoms with Gasteiger partial charge < -0.3 is 31.9 Å². The Morgan fingerprint density at radius 3 is 1.26 bits per heavy atom. The topological polar surface area (TPSA) is 195 Å². The number of rotatable bonds is 15. The van der Waals surface area contributed by atoms with Gasteiger partial charge in [0.15, 0.2) is 0 Å². The third kappa shape index (κ3) is 11.0. The van der Waals surface area contributed by atoms with Gasteiger partial charge in [0.25, 0.3) is 11.8 Å². The van der Waals surface area contributed by atoms with Crippen LogP contribution >= 0.6 is 0 Å². The van der Waals surface area contributed by atoms with Gasteiger partial charge in [-0.05, 0) is 85.6 Å². The number of carbonyl (C=O) groups excluding carboxylic acids is 4. The van der Waals surface area contributed by atoms with Gasteiger partial charge >= 0.3 is 24.4 Å². The second-order valence-electron chi connectivity index (χ2n) is 15.0. The number of urea groups is 2. The molecule has 342 valence electrons. The lowest BCUT2D eigenvalue weighted by atomic mass is 9.93. The summed E-state index contributed by atoms with van der Waals surface area (Å²) < 4.78 is 81.5. The number of anilines is 2. The second-order valence-corrected chi connectivity index (χ2v) is 15.0. The van der Waals surface area contributed by atoms with Gasteiger partial charge in [-0.15, -0.1) is 0 Å². The number of alkyl halides is 6. The van der Waals surface area contributed by atoms with Crippen molar-refractivity contribution in [2.75, 3.05) is 49.1 Å². The standard InChI is InChI=1S/C46H42F6N10O4/c1-27-37(39(31-13-9-29(25-53)10-14-31)59-43(65)61(27)35-7-3-5-33(23-35)45(47,48)49)41(63)57-21-19-55-17-18-56-20-22-58-42(64)38-28(2)62(36-8-4-6-34(24-36)46(50,51)52)44(66)60-40(38)32-15-11-30(26-54)12-16-32/h3-16,23-24,39-40,55-56H,17-22H2,1-2H3,(H,57,63)(H,58,64)(H,59,65)(H,60,66)/t39-,40-/m1/s1. The molecule has 4 aromatic rings. The van der Waals surface area contributed by atoms with E-state index >= 15 is 0 Å². The Hall–Kier alpha value is -7.68. The molecule has 2 aliphatic heterocycles. The van der Waals surface area contributed by atoms with E-state index in [9.17, 15) is 56.0 Å². The molecular formula is C46H42F6N10O4. The maximum Gasteiger partial charge on any atom is 0.416 e. The first-order valence-electron chi connectivity index (χ1n) is 20.4. The number of amides is 6. The predicted octanol–water partition coefficient (Wildman–Crippen LogP) is 6.67. The van der Waals surface area contributed by atoms with E-state index < -0.39 is 59.4 Å². The van der Waals surface area contributed by atoms with E-state index in [0.717, 1.165) is 46.2 Å². The monoisotopic (exact) mass is 912 g/mol. The normalized spacial score (nSPS) is 16.6. The van der Waals surface area contributed by atoms with Gasteiger partial charge in [-0.3, -0.25) is 19.4 Å². The maximum absolute atomic E-state index is 13.8. The number of nitrogens with zero attached hydrogens (tertiary/aromatic N) is 4. The van der Waals surface area contributed by atoms with Crippen LogP contribution in [0.5, 0.6) is 0 Å². The average molecular weight is 913 g/mol. The van der Waals surface area contributed by atoms with E-state index in [2.05, 4.69) is 31.9 Å². The number of hydrogen-bond donors (Lipinski definition) is 6. The third-order valence-electron chi connectivity index (χ3n) is 10.7. The number of halogens is 6. The van der Waals surface area contributed by atoms with Crippen LogP contribution in [0.2, 0.25) is 0 Å². The fourth-order valence-corrected chi connectivity index (χ4v) is 7.49. The second kappa shape index (κ2) is 20.4. The van der Waals surface area contributed by atoms with Crippen LogP contribution in [-0.4, -0.2) is 63.1 Å². The number of allylic oxidation sites excluding steroid dienone is 2. The van der Waals surface area contributed by atoms with Crippen LogP contribution < -0.4 is 41.7 Å². The summed E-state index contributed by atoms with van der Waals surface area (Å²) in [5.41, 5.74) is -0.167. The van der Waals surface area contributed by atoms with Crippen molar-refractivity contribution in [1.82, 2.24) is 31.9 Å². The molecule has 0 aliphatic carbocycles. The van der Waals surface area contributed by atoms with Crippen LogP contribution in [0.4, 0.5) is 47.3 Å². The summed E-state index contributed by atoms with van der Waals surface area (Å²) in [5, 5.41) is 35.9. The molecule has 2 aliphatic rings. The predicted molar refractivity (Wildman–Crippen MR) is 230 cm³/mol. The molecule has 66 heavy (non-hydrogen) atoms. The molecule has 0 saturated carbocycles. The minimum Gasteiger partial charge on any atom is -0.351 e. The highest BCUT2D eigenvalue weighted by molar-refractivity contribution is 6.06. The van der Waals surface area contributed by atoms with Crippen molar-refractivity contribution in [2.24, 2.45) is 0 Å². The van der Waals surface area contributed by atoms with Gasteiger partial charge in [-0.2, -0.15) is 36.9 Å². The summed E-state index contributed by atoms with van der Waals surface area (Å²) in [6.07, 6.45) is -9.36. The Morgan fingerprint density at radius 2 is 0.924 bits per heavy atom. The smallest absolute Gasteiger partial charge is 0.351 e. The molecule has 0 saturated heterocycles. The van der Waals surface area contributed by atoms with Gasteiger partial charge in [0.1, 0.15) is 0 Å². The lowest BCUT2D eigenvalue weighted by Crippen LogP contribution is -2.50. The molecule has 0 radical (unpaired) electrons. The van der Waals surface area contributed by atoms with Crippen molar-refractivity contribution in [3.63, 3.8) is 0 Å². The molecular weight excluding hydrogens is 871 g/mol. The van der Waals surface area contributed by atoms with E-state index in [1.807, 2.05) is 12.1 Å². The Bertz CT molecular complexity index is 2450. The Labute approximate surface area is 374 Å². The fraction of sp³-hybridized carbons (Fsp3) is 0.261. The van der Waals surface area contributed by atoms with Gasteiger partial charge in [-0.1, -0.05) is 36.4 Å². The van der Waals surface area contributed by atoms with Crippen LogP contribution in [0, 0.1) is 22.7 Å². The first kappa shape index (κ1) is 47.8. The zero-order valence-electron chi connectivity index (χ0n) is 35.3. The van der Waals surface area contributed by atoms with Crippen molar-refractivity contribution in [1.29, 1.82) is 10.5 Å². The van der Waals surface area contributed by atoms with Crippen molar-refractivity contribution in [3.05, 3.63) is 153 Å². The highest BCUT2D eigenvalue weighted by Crippen LogP contribution is 2.39. The molecule has 0 bridgehead atoms. The van der Waals surface area contributed by atoms with E-state index in [1.54, 1.807) is 24.3 Å². The van der Waals surface area contributed by atoms with Gasteiger partial charge in [0.2, 0.25) is 0 Å². The fourth-order valence-electron chi connectivity index (χ4n) is 7.49. The van der Waals surface area contributed by atoms with Crippen LogP contribution in [0.3, 0.4) is 0 Å². The molecule has 20 heteroatoms. The minimum absolute atomic E-state index is 0.0774. The van der Waals surface area contributed by atoms with Crippen LogP contribution in [0.25, 0.3) is 0 Å². The van der Waals surface area contributed by atoms with E-state index in [1.165, 1.54) is 50.2 Å². The molecule has 2 atom stereocenters. The summed E-state index contributed by atoms with van der Waals surface area (Å²) in [5.74, 6) is -1.17. The molecule has 0 spiro atoms. The minimum atomic E-state index is -4.68. The highest BCUT2D eigenvalue weighted by atomic mass is 19.4. The number of nitriles is 2. The number of nitrogens with one attached hydrogen (secondary N) is 6. The summed E-state index contributed by atoms with van der Waals surface area (Å²) in [6, 6.07) is 21.2. The summed E-state index contributed by atoms with van der Waals surface area (Å²) in [7, 11) is 0. The van der Waals surface area contributed by atoms with Crippen LogP contribution in [0.15, 0.2) is 120 Å². The van der Waals surface area contributed by atoms with Crippen molar-refractivity contribution >= 4 is 35.3 Å². The first-order valence-corrected chi connectivity index (χ1v) is 20.4. The van der Waals surface area contributed by atoms with E-state index in [4.69, 9.17) is 0 Å². The molecule has 6 amide bonds. The summed E-state index contributed by atoms with van der Waals surface area (Å²) in [6.45, 7) is 4.58. The van der Waals surface area contributed by atoms with Crippen molar-refractivity contribution in [2.45, 2.75) is 38.3 Å². The van der Waals surface area contributed by atoms with Crippen LogP contribution in [0.1, 0.15) is 59.3 Å². The van der Waals surface area contributed by atoms with E-state index in [0.29, 0.717) is 48.4 Å². The third-order valence-corrected chi connectivity index (χ3v) is 10.7. The lowest BCUT2D eigenvalue weighted by molar-refractivity contribution is -0.138. The number of hydrogen-bond acceptors (Lipinski definition) is 8. The van der Waals surface area contributed by atoms with Crippen molar-refractivity contribution < 1.29 is 45.5 Å². The lowest BCUT2D eigenvalue weighted by Gasteiger charge is -2.36. The molecule has 0 unspecified atom stereocenters. The summed E-state index contributed by atoms with van der Waals surface area (Å²) in [4.78, 5) is 56.4. The SMILES string of the molecule is CC1=C(C(=O)NCCNCCNCCNC(=O)C2=C(C)N(c3cccc(C(F)(F)F)c3)C(=O)N[C@@H]2c2ccc(C#N)cc2)[C@@H](c2ccc(C#N)cc2)NC(=O)N1c1cccc(C(F)(F)F)c1. The molecule has 14 nitrogen and oxygen atoms in total. The molecule has 4 aromatic carbocycles. The maximum atomic E-state index is 13.8. The zero-order valence-corrected chi connectivity index (χ0v) is 35.3. The van der Waals surface area contributed by atoms with Gasteiger partial charge in [-0.25, -0.2) is 9.59 Å². The first-order chi connectivity index (χ1) is 31.4. The van der Waals surface area contributed by atoms with Crippen LogP contribution in [-0.2, 0) is 21.9 Å². The van der Waals surface area contributed by atoms with Gasteiger partial charge in [0, 0.05) is 50.7 Å². The number of benzene rings is 4. The molecule has 2 heterocycles. The van der Waals surface area contributed by atoms with E-state index in [-0.39, 0.29) is 47.0 Å². The summed E-state index contributed by atoms with van der Waals surface area (Å²) >= 11 is 0. The average Bonchev–Trinajstić information content (AvgIpc) is 3.28. The quantitative estimate of drug-likeness (QED) is 0.0563. The zero-order chi connectivity index (χ0) is 47.8. The molecule has 0 fully saturated rings.